The third kappa shape index (κ3) is 3.09. The summed E-state index contributed by atoms with van der Waals surface area (Å²) in [4.78, 5) is 14.4. The Morgan fingerprint density at radius 2 is 2.30 bits per heavy atom. The highest BCUT2D eigenvalue weighted by atomic mass is 16.6. The summed E-state index contributed by atoms with van der Waals surface area (Å²) < 4.78 is 10.3. The van der Waals surface area contributed by atoms with E-state index >= 15 is 0 Å². The first-order valence-corrected chi connectivity index (χ1v) is 5.96. The number of aliphatic hydroxyl groups is 1. The molecule has 0 atom stereocenters. The standard InChI is InChI=1S/C12H13N3O5/c1-2-12-13-11(14-20-12)7-19-10-5-8(6-16)3-4-9(10)15(17)18/h3-5,16H,2,6-7H2,1H3. The van der Waals surface area contributed by atoms with E-state index in [0.717, 1.165) is 0 Å². The van der Waals surface area contributed by atoms with Crippen molar-refractivity contribution in [3.05, 3.63) is 45.6 Å². The predicted molar refractivity (Wildman–Crippen MR) is 67.0 cm³/mol. The lowest BCUT2D eigenvalue weighted by molar-refractivity contribution is -0.386. The van der Waals surface area contributed by atoms with Gasteiger partial charge >= 0.3 is 5.69 Å². The maximum absolute atomic E-state index is 10.9. The van der Waals surface area contributed by atoms with Gasteiger partial charge in [-0.2, -0.15) is 4.98 Å². The number of nitro groups is 1. The molecule has 1 aromatic heterocycles. The van der Waals surface area contributed by atoms with Crippen LogP contribution in [0.4, 0.5) is 5.69 Å². The smallest absolute Gasteiger partial charge is 0.310 e. The largest absolute Gasteiger partial charge is 0.478 e. The lowest BCUT2D eigenvalue weighted by Gasteiger charge is -2.05. The second-order valence-electron chi connectivity index (χ2n) is 3.96. The molecule has 106 valence electrons. The Kier molecular flexibility index (Phi) is 4.26. The zero-order valence-corrected chi connectivity index (χ0v) is 10.8. The number of aryl methyl sites for hydroxylation is 1. The predicted octanol–water partition coefficient (Wildman–Crippen LogP) is 1.61. The maximum Gasteiger partial charge on any atom is 0.310 e. The van der Waals surface area contributed by atoms with E-state index in [2.05, 4.69) is 10.1 Å². The Morgan fingerprint density at radius 3 is 2.90 bits per heavy atom. The first-order valence-electron chi connectivity index (χ1n) is 5.96. The van der Waals surface area contributed by atoms with Crippen LogP contribution in [0.3, 0.4) is 0 Å². The number of ether oxygens (including phenoxy) is 1. The van der Waals surface area contributed by atoms with Crippen LogP contribution in [0.15, 0.2) is 22.7 Å². The van der Waals surface area contributed by atoms with Crippen LogP contribution >= 0.6 is 0 Å². The number of benzene rings is 1. The summed E-state index contributed by atoms with van der Waals surface area (Å²) in [7, 11) is 0. The molecule has 0 spiro atoms. The number of nitrogens with zero attached hydrogens (tertiary/aromatic N) is 3. The maximum atomic E-state index is 10.9. The third-order valence-corrected chi connectivity index (χ3v) is 2.57. The first-order chi connectivity index (χ1) is 9.63. The fourth-order valence-electron chi connectivity index (χ4n) is 1.56. The van der Waals surface area contributed by atoms with Crippen molar-refractivity contribution in [1.82, 2.24) is 10.1 Å². The van der Waals surface area contributed by atoms with Crippen molar-refractivity contribution < 1.29 is 19.3 Å². The van der Waals surface area contributed by atoms with Gasteiger partial charge in [-0.05, 0) is 17.7 Å². The first kappa shape index (κ1) is 13.9. The van der Waals surface area contributed by atoms with E-state index in [4.69, 9.17) is 14.4 Å². The van der Waals surface area contributed by atoms with Gasteiger partial charge in [0.2, 0.25) is 11.7 Å². The number of aromatic nitrogens is 2. The molecule has 0 aliphatic carbocycles. The highest BCUT2D eigenvalue weighted by Crippen LogP contribution is 2.28. The molecule has 20 heavy (non-hydrogen) atoms. The quantitative estimate of drug-likeness (QED) is 0.631. The molecule has 1 aromatic carbocycles. The Bertz CT molecular complexity index is 611. The molecule has 0 fully saturated rings. The summed E-state index contributed by atoms with van der Waals surface area (Å²) in [6.07, 6.45) is 0.604. The van der Waals surface area contributed by atoms with Gasteiger partial charge < -0.3 is 14.4 Å². The van der Waals surface area contributed by atoms with Crippen molar-refractivity contribution in [3.8, 4) is 5.75 Å². The summed E-state index contributed by atoms with van der Waals surface area (Å²) in [6, 6.07) is 4.17. The molecule has 0 saturated heterocycles. The Morgan fingerprint density at radius 1 is 1.50 bits per heavy atom. The fourth-order valence-corrected chi connectivity index (χ4v) is 1.56. The van der Waals surface area contributed by atoms with Gasteiger partial charge in [0.05, 0.1) is 11.5 Å². The van der Waals surface area contributed by atoms with Crippen LogP contribution in [0.1, 0.15) is 24.2 Å². The average Bonchev–Trinajstić information content (AvgIpc) is 2.92. The Labute approximate surface area is 114 Å². The topological polar surface area (TPSA) is 112 Å². The number of hydrogen-bond acceptors (Lipinski definition) is 7. The molecule has 0 amide bonds. The van der Waals surface area contributed by atoms with Crippen molar-refractivity contribution in [3.63, 3.8) is 0 Å². The molecule has 1 heterocycles. The average molecular weight is 279 g/mol. The number of rotatable bonds is 6. The molecule has 0 bridgehead atoms. The van der Waals surface area contributed by atoms with Crippen LogP contribution in [-0.4, -0.2) is 20.2 Å². The van der Waals surface area contributed by atoms with Crippen molar-refractivity contribution >= 4 is 5.69 Å². The molecule has 8 heteroatoms. The number of nitro benzene ring substituents is 1. The fraction of sp³-hybridized carbons (Fsp3) is 0.333. The molecule has 0 aliphatic rings. The normalized spacial score (nSPS) is 10.5. The second kappa shape index (κ2) is 6.11. The third-order valence-electron chi connectivity index (χ3n) is 2.57. The van der Waals surface area contributed by atoms with Crippen LogP contribution < -0.4 is 4.74 Å². The molecule has 2 aromatic rings. The van der Waals surface area contributed by atoms with Gasteiger partial charge in [0, 0.05) is 12.5 Å². The van der Waals surface area contributed by atoms with E-state index in [9.17, 15) is 10.1 Å². The summed E-state index contributed by atoms with van der Waals surface area (Å²) >= 11 is 0. The number of hydrogen-bond donors (Lipinski definition) is 1. The minimum atomic E-state index is -0.551. The summed E-state index contributed by atoms with van der Waals surface area (Å²) in [5, 5.41) is 23.6. The summed E-state index contributed by atoms with van der Waals surface area (Å²) in [5.41, 5.74) is 0.342. The van der Waals surface area contributed by atoms with E-state index in [-0.39, 0.29) is 24.7 Å². The van der Waals surface area contributed by atoms with Crippen molar-refractivity contribution in [2.75, 3.05) is 0 Å². The van der Waals surface area contributed by atoms with Gasteiger partial charge in [0.15, 0.2) is 12.4 Å². The van der Waals surface area contributed by atoms with Crippen molar-refractivity contribution in [1.29, 1.82) is 0 Å². The monoisotopic (exact) mass is 279 g/mol. The van der Waals surface area contributed by atoms with E-state index in [1.165, 1.54) is 18.2 Å². The van der Waals surface area contributed by atoms with Gasteiger partial charge in [0.1, 0.15) is 0 Å². The van der Waals surface area contributed by atoms with E-state index < -0.39 is 4.92 Å². The minimum absolute atomic E-state index is 0.0424. The second-order valence-corrected chi connectivity index (χ2v) is 3.96. The van der Waals surface area contributed by atoms with Crippen LogP contribution in [-0.2, 0) is 19.6 Å². The SMILES string of the molecule is CCc1nc(COc2cc(CO)ccc2[N+](=O)[O-])no1. The highest BCUT2D eigenvalue weighted by Gasteiger charge is 2.16. The van der Waals surface area contributed by atoms with E-state index in [0.29, 0.717) is 23.7 Å². The summed E-state index contributed by atoms with van der Waals surface area (Å²) in [6.45, 7) is 1.60. The molecule has 1 N–H and O–H groups in total. The van der Waals surface area contributed by atoms with Gasteiger partial charge in [-0.25, -0.2) is 0 Å². The Hall–Kier alpha value is -2.48. The van der Waals surface area contributed by atoms with Gasteiger partial charge in [-0.15, -0.1) is 0 Å². The van der Waals surface area contributed by atoms with Crippen LogP contribution in [0.25, 0.3) is 0 Å². The van der Waals surface area contributed by atoms with Crippen LogP contribution in [0.2, 0.25) is 0 Å². The van der Waals surface area contributed by atoms with Crippen molar-refractivity contribution in [2.45, 2.75) is 26.6 Å². The Balaban J connectivity index is 2.16. The van der Waals surface area contributed by atoms with E-state index in [1.54, 1.807) is 0 Å². The van der Waals surface area contributed by atoms with Crippen LogP contribution in [0, 0.1) is 10.1 Å². The molecule has 0 aliphatic heterocycles. The van der Waals surface area contributed by atoms with Gasteiger partial charge in [-0.3, -0.25) is 10.1 Å². The molecular weight excluding hydrogens is 266 g/mol. The zero-order valence-electron chi connectivity index (χ0n) is 10.8. The lowest BCUT2D eigenvalue weighted by atomic mass is 10.2. The molecule has 0 unspecified atom stereocenters. The zero-order chi connectivity index (χ0) is 14.5. The molecule has 0 saturated carbocycles. The lowest BCUT2D eigenvalue weighted by Crippen LogP contribution is -2.01. The number of aliphatic hydroxyl groups excluding tert-OH is 1. The van der Waals surface area contributed by atoms with Crippen molar-refractivity contribution in [2.24, 2.45) is 0 Å². The van der Waals surface area contributed by atoms with Gasteiger partial charge in [0.25, 0.3) is 0 Å². The molecule has 8 nitrogen and oxygen atoms in total. The molecule has 2 rings (SSSR count). The van der Waals surface area contributed by atoms with Crippen LogP contribution in [0.5, 0.6) is 5.75 Å². The molecule has 0 radical (unpaired) electrons. The van der Waals surface area contributed by atoms with Gasteiger partial charge in [-0.1, -0.05) is 12.1 Å². The van der Waals surface area contributed by atoms with E-state index in [1.807, 2.05) is 6.92 Å². The molecular formula is C12H13N3O5. The minimum Gasteiger partial charge on any atom is -0.478 e. The summed E-state index contributed by atoms with van der Waals surface area (Å²) in [5.74, 6) is 0.845. The highest BCUT2D eigenvalue weighted by molar-refractivity contribution is 5.48.